The first-order valence-electron chi connectivity index (χ1n) is 25.5. The van der Waals surface area contributed by atoms with E-state index in [1.807, 2.05) is 78.2 Å². The molecule has 0 saturated heterocycles. The summed E-state index contributed by atoms with van der Waals surface area (Å²) in [5.74, 6) is 1.66. The normalized spacial score (nSPS) is 11.9. The van der Waals surface area contributed by atoms with E-state index in [9.17, 15) is 0 Å². The van der Waals surface area contributed by atoms with Crippen molar-refractivity contribution in [2.45, 2.75) is 0 Å². The first-order valence-corrected chi connectivity index (χ1v) is 26.3. The molecule has 0 aliphatic carbocycles. The van der Waals surface area contributed by atoms with Gasteiger partial charge in [0, 0.05) is 98.1 Å². The highest BCUT2D eigenvalue weighted by Gasteiger charge is 2.25. The van der Waals surface area contributed by atoms with Crippen molar-refractivity contribution in [3.8, 4) is 67.9 Å². The minimum absolute atomic E-state index is 0.512. The Kier molecular flexibility index (Phi) is 9.37. The van der Waals surface area contributed by atoms with Crippen LogP contribution in [-0.2, 0) is 0 Å². The fourth-order valence-corrected chi connectivity index (χ4v) is 13.1. The van der Waals surface area contributed by atoms with Crippen LogP contribution in [0.2, 0.25) is 0 Å². The van der Waals surface area contributed by atoms with Crippen molar-refractivity contribution in [3.63, 3.8) is 0 Å². The Hall–Kier alpha value is -10.0. The second kappa shape index (κ2) is 16.8. The van der Waals surface area contributed by atoms with E-state index in [4.69, 9.17) is 24.4 Å². The molecule has 10 aromatic carbocycles. The molecule has 0 aliphatic rings. The van der Waals surface area contributed by atoms with Gasteiger partial charge in [0.2, 0.25) is 0 Å². The summed E-state index contributed by atoms with van der Waals surface area (Å²) in [5.41, 5.74) is 14.5. The predicted octanol–water partition coefficient (Wildman–Crippen LogP) is 18.1. The van der Waals surface area contributed by atoms with Gasteiger partial charge in [0.25, 0.3) is 0 Å². The number of furan rings is 1. The van der Waals surface area contributed by atoms with Gasteiger partial charge in [-0.1, -0.05) is 170 Å². The average Bonchev–Trinajstić information content (AvgIpc) is 4.30. The molecule has 0 fully saturated rings. The summed E-state index contributed by atoms with van der Waals surface area (Å²) >= 11 is 1.84. The minimum Gasteiger partial charge on any atom is -0.455 e. The summed E-state index contributed by atoms with van der Waals surface area (Å²) in [5, 5.41) is 9.15. The molecule has 0 N–H and O–H groups in total. The zero-order valence-corrected chi connectivity index (χ0v) is 41.4. The van der Waals surface area contributed by atoms with Crippen molar-refractivity contribution in [1.82, 2.24) is 29.1 Å². The lowest BCUT2D eigenvalue weighted by Crippen LogP contribution is -2.02. The molecule has 0 atom stereocenters. The highest BCUT2D eigenvalue weighted by molar-refractivity contribution is 7.27. The van der Waals surface area contributed by atoms with E-state index in [0.717, 1.165) is 88.5 Å². The molecule has 6 aromatic heterocycles. The van der Waals surface area contributed by atoms with Crippen LogP contribution in [0.5, 0.6) is 0 Å². The number of benzene rings is 10. The van der Waals surface area contributed by atoms with E-state index in [1.54, 1.807) is 0 Å². The Balaban J connectivity index is 0.956. The molecule has 6 heterocycles. The number of rotatable bonds is 7. The SMILES string of the molecule is c1ccc(-c2nc(-c3ccccc3)nc(-c3cc(-c4cccc5c4sc4c5ccc5c4c4ccccc4n5-c4ccccc4)cnc3-c3cccc4c3oc3c4ccc4c3c3ccccc3n4-c3ccccc3)n2)cc1. The molecule has 0 spiro atoms. The van der Waals surface area contributed by atoms with Gasteiger partial charge in [-0.25, -0.2) is 15.0 Å². The molecule has 0 aliphatic heterocycles. The van der Waals surface area contributed by atoms with Crippen LogP contribution in [0, 0.1) is 0 Å². The van der Waals surface area contributed by atoms with Gasteiger partial charge in [-0.2, -0.15) is 0 Å². The van der Waals surface area contributed by atoms with Crippen molar-refractivity contribution in [2.24, 2.45) is 0 Å². The lowest BCUT2D eigenvalue weighted by molar-refractivity contribution is 0.674. The van der Waals surface area contributed by atoms with Crippen molar-refractivity contribution >= 4 is 97.1 Å². The largest absolute Gasteiger partial charge is 0.455 e. The Morgan fingerprint density at radius 1 is 0.329 bits per heavy atom. The predicted molar refractivity (Wildman–Crippen MR) is 314 cm³/mol. The van der Waals surface area contributed by atoms with Gasteiger partial charge in [-0.3, -0.25) is 4.98 Å². The maximum absolute atomic E-state index is 7.28. The van der Waals surface area contributed by atoms with Gasteiger partial charge < -0.3 is 13.6 Å². The molecular formula is C68H40N6OS. The van der Waals surface area contributed by atoms with Gasteiger partial charge >= 0.3 is 0 Å². The molecule has 8 heteroatoms. The molecule has 0 amide bonds. The highest BCUT2D eigenvalue weighted by atomic mass is 32.1. The first-order chi connectivity index (χ1) is 37.7. The minimum atomic E-state index is 0.512. The zero-order chi connectivity index (χ0) is 49.8. The van der Waals surface area contributed by atoms with E-state index >= 15 is 0 Å². The molecule has 76 heavy (non-hydrogen) atoms. The lowest BCUT2D eigenvalue weighted by Gasteiger charge is -2.14. The topological polar surface area (TPSA) is 74.6 Å². The van der Waals surface area contributed by atoms with Crippen LogP contribution in [0.25, 0.3) is 154 Å². The van der Waals surface area contributed by atoms with Crippen molar-refractivity contribution in [2.75, 3.05) is 0 Å². The Labute approximate surface area is 438 Å². The summed E-state index contributed by atoms with van der Waals surface area (Å²) in [6, 6.07) is 83.1. The third kappa shape index (κ3) is 6.41. The van der Waals surface area contributed by atoms with Crippen LogP contribution in [0.15, 0.2) is 247 Å². The number of fused-ring (bicyclic) bond motifs is 14. The van der Waals surface area contributed by atoms with Crippen molar-refractivity contribution in [3.05, 3.63) is 243 Å². The Bertz CT molecular complexity index is 4920. The van der Waals surface area contributed by atoms with Crippen LogP contribution >= 0.6 is 11.3 Å². The smallest absolute Gasteiger partial charge is 0.166 e. The molecular weight excluding hydrogens is 949 g/mol. The summed E-state index contributed by atoms with van der Waals surface area (Å²) in [6.07, 6.45) is 2.01. The number of hydrogen-bond acceptors (Lipinski definition) is 6. The first kappa shape index (κ1) is 42.5. The number of thiophene rings is 1. The second-order valence-electron chi connectivity index (χ2n) is 19.3. The number of pyridine rings is 1. The van der Waals surface area contributed by atoms with Gasteiger partial charge in [-0.05, 0) is 66.7 Å². The van der Waals surface area contributed by atoms with Crippen LogP contribution in [-0.4, -0.2) is 29.1 Å². The van der Waals surface area contributed by atoms with Crippen LogP contribution in [0.4, 0.5) is 0 Å². The molecule has 16 aromatic rings. The van der Waals surface area contributed by atoms with E-state index in [0.29, 0.717) is 23.2 Å². The van der Waals surface area contributed by atoms with Crippen LogP contribution < -0.4 is 0 Å². The molecule has 7 nitrogen and oxygen atoms in total. The number of nitrogens with zero attached hydrogens (tertiary/aromatic N) is 6. The summed E-state index contributed by atoms with van der Waals surface area (Å²) < 4.78 is 14.4. The van der Waals surface area contributed by atoms with Gasteiger partial charge in [-0.15, -0.1) is 11.3 Å². The van der Waals surface area contributed by atoms with E-state index in [-0.39, 0.29) is 0 Å². The molecule has 0 saturated carbocycles. The Morgan fingerprint density at radius 3 is 1.46 bits per heavy atom. The van der Waals surface area contributed by atoms with Crippen molar-refractivity contribution < 1.29 is 4.42 Å². The number of para-hydroxylation sites is 5. The Morgan fingerprint density at radius 2 is 0.816 bits per heavy atom. The van der Waals surface area contributed by atoms with Crippen LogP contribution in [0.3, 0.4) is 0 Å². The van der Waals surface area contributed by atoms with Crippen molar-refractivity contribution in [1.29, 1.82) is 0 Å². The van der Waals surface area contributed by atoms with E-state index < -0.39 is 0 Å². The van der Waals surface area contributed by atoms with Crippen LogP contribution in [0.1, 0.15) is 0 Å². The zero-order valence-electron chi connectivity index (χ0n) is 40.6. The fraction of sp³-hybridized carbons (Fsp3) is 0. The second-order valence-corrected chi connectivity index (χ2v) is 20.3. The third-order valence-electron chi connectivity index (χ3n) is 15.0. The molecule has 0 radical (unpaired) electrons. The molecule has 0 unspecified atom stereocenters. The molecule has 0 bridgehead atoms. The quantitative estimate of drug-likeness (QED) is 0.159. The highest BCUT2D eigenvalue weighted by Crippen LogP contribution is 2.48. The average molecular weight is 989 g/mol. The van der Waals surface area contributed by atoms with E-state index in [2.05, 4.69) is 185 Å². The molecule has 16 rings (SSSR count). The summed E-state index contributed by atoms with van der Waals surface area (Å²) in [7, 11) is 0. The standard InChI is InChI=1S/C68H40N6OS/c1-5-19-41(20-6-1)66-70-67(42-21-7-2-8-22-42)72-68(71-66)54-39-43(46-29-17-31-49-50-36-38-58-60(65(50)76-64(46)49)52-28-14-16-34-56(52)74(58)45-25-11-4-12-26-45)40-69-61(54)53-32-18-30-47-48-35-37-57-59(63(48)75-62(47)53)51-27-13-15-33-55(51)73(57)44-23-9-3-10-24-44/h1-40H. The summed E-state index contributed by atoms with van der Waals surface area (Å²) in [4.78, 5) is 21.3. The monoisotopic (exact) mass is 988 g/mol. The number of aromatic nitrogens is 6. The van der Waals surface area contributed by atoms with Gasteiger partial charge in [0.15, 0.2) is 17.5 Å². The van der Waals surface area contributed by atoms with Gasteiger partial charge in [0.1, 0.15) is 11.2 Å². The van der Waals surface area contributed by atoms with E-state index in [1.165, 1.54) is 42.0 Å². The molecule has 354 valence electrons. The summed E-state index contributed by atoms with van der Waals surface area (Å²) in [6.45, 7) is 0. The number of hydrogen-bond donors (Lipinski definition) is 0. The maximum atomic E-state index is 7.28. The van der Waals surface area contributed by atoms with Gasteiger partial charge in [0.05, 0.1) is 33.1 Å². The maximum Gasteiger partial charge on any atom is 0.166 e. The third-order valence-corrected chi connectivity index (χ3v) is 16.3. The lowest BCUT2D eigenvalue weighted by atomic mass is 9.97. The fourth-order valence-electron chi connectivity index (χ4n) is 11.7.